The molecule has 0 N–H and O–H groups in total. The topological polar surface area (TPSA) is 68.6 Å². The highest BCUT2D eigenvalue weighted by molar-refractivity contribution is 9.10. The van der Waals surface area contributed by atoms with Crippen molar-refractivity contribution in [2.45, 2.75) is 13.8 Å². The van der Waals surface area contributed by atoms with Crippen LogP contribution in [0.15, 0.2) is 39.7 Å². The maximum absolute atomic E-state index is 12.5. The summed E-state index contributed by atoms with van der Waals surface area (Å²) in [6.07, 6.45) is 1.69. The number of carbonyl (C=O) groups is 3. The lowest BCUT2D eigenvalue weighted by atomic mass is 10.2. The van der Waals surface area contributed by atoms with Gasteiger partial charge in [0.1, 0.15) is 6.54 Å². The van der Waals surface area contributed by atoms with Gasteiger partial charge < -0.3 is 9.30 Å². The molecule has 27 heavy (non-hydrogen) atoms. The second-order valence-electron chi connectivity index (χ2n) is 5.99. The van der Waals surface area contributed by atoms with E-state index >= 15 is 0 Å². The van der Waals surface area contributed by atoms with Gasteiger partial charge in [-0.1, -0.05) is 22.0 Å². The van der Waals surface area contributed by atoms with Gasteiger partial charge in [0.05, 0.1) is 12.0 Å². The predicted octanol–water partition coefficient (Wildman–Crippen LogP) is 4.07. The van der Waals surface area contributed by atoms with Crippen molar-refractivity contribution in [2.24, 2.45) is 0 Å². The molecule has 0 bridgehead atoms. The molecule has 8 heteroatoms. The molecular weight excluding hydrogens is 432 g/mol. The molecule has 1 saturated heterocycles. The molecule has 1 aliphatic heterocycles. The second kappa shape index (κ2) is 7.74. The predicted molar refractivity (Wildman–Crippen MR) is 108 cm³/mol. The van der Waals surface area contributed by atoms with E-state index in [9.17, 15) is 14.4 Å². The van der Waals surface area contributed by atoms with Gasteiger partial charge >= 0.3 is 5.97 Å². The average Bonchev–Trinajstić information content (AvgIpc) is 3.05. The van der Waals surface area contributed by atoms with Crippen molar-refractivity contribution in [1.82, 2.24) is 9.47 Å². The van der Waals surface area contributed by atoms with E-state index in [0.717, 1.165) is 43.8 Å². The smallest absolute Gasteiger partial charge is 0.325 e. The Bertz CT molecular complexity index is 980. The lowest BCUT2D eigenvalue weighted by Crippen LogP contribution is -2.34. The third kappa shape index (κ3) is 3.86. The number of esters is 1. The number of benzene rings is 1. The van der Waals surface area contributed by atoms with Crippen LogP contribution in [0.3, 0.4) is 0 Å². The summed E-state index contributed by atoms with van der Waals surface area (Å²) >= 11 is 4.30. The lowest BCUT2D eigenvalue weighted by Gasteiger charge is -2.10. The number of halogens is 1. The largest absolute Gasteiger partial charge is 0.468 e. The average molecular weight is 449 g/mol. The van der Waals surface area contributed by atoms with Crippen LogP contribution in [0.25, 0.3) is 11.8 Å². The molecule has 0 atom stereocenters. The fourth-order valence-corrected chi connectivity index (χ4v) is 4.13. The fourth-order valence-electron chi connectivity index (χ4n) is 2.92. The first-order chi connectivity index (χ1) is 12.8. The number of amides is 2. The summed E-state index contributed by atoms with van der Waals surface area (Å²) in [4.78, 5) is 37.1. The Labute approximate surface area is 169 Å². The first-order valence-electron chi connectivity index (χ1n) is 8.09. The number of carbonyl (C=O) groups excluding carboxylic acids is 3. The normalized spacial score (nSPS) is 15.7. The molecule has 0 saturated carbocycles. The van der Waals surface area contributed by atoms with Gasteiger partial charge in [0.25, 0.3) is 11.1 Å². The minimum absolute atomic E-state index is 0.290. The van der Waals surface area contributed by atoms with Crippen molar-refractivity contribution in [3.8, 4) is 5.69 Å². The number of imide groups is 1. The summed E-state index contributed by atoms with van der Waals surface area (Å²) < 4.78 is 7.59. The van der Waals surface area contributed by atoms with Gasteiger partial charge in [0, 0.05) is 21.5 Å². The van der Waals surface area contributed by atoms with Crippen LogP contribution in [0.1, 0.15) is 17.0 Å². The van der Waals surface area contributed by atoms with Crippen LogP contribution in [-0.4, -0.2) is 40.2 Å². The number of aromatic nitrogens is 1. The molecule has 0 aliphatic carbocycles. The van der Waals surface area contributed by atoms with Gasteiger partial charge in [-0.3, -0.25) is 19.3 Å². The molecule has 1 aromatic heterocycles. The quantitative estimate of drug-likeness (QED) is 0.520. The standard InChI is InChI=1S/C19H17BrN2O4S/c1-11-7-13(12(2)22(11)15-6-4-5-14(20)9-15)8-16-18(24)21(19(25)27-16)10-17(23)26-3/h4-9H,10H2,1-3H3/b16-8+. The number of ether oxygens (including phenoxy) is 1. The van der Waals surface area contributed by atoms with Gasteiger partial charge in [-0.25, -0.2) is 0 Å². The highest BCUT2D eigenvalue weighted by atomic mass is 79.9. The molecule has 1 fully saturated rings. The van der Waals surface area contributed by atoms with E-state index in [1.54, 1.807) is 6.08 Å². The van der Waals surface area contributed by atoms with E-state index < -0.39 is 17.1 Å². The Morgan fingerprint density at radius 2 is 2.00 bits per heavy atom. The minimum atomic E-state index is -0.633. The number of aryl methyl sites for hydroxylation is 1. The molecule has 140 valence electrons. The molecular formula is C19H17BrN2O4S. The first-order valence-corrected chi connectivity index (χ1v) is 9.70. The number of nitrogens with zero attached hydrogens (tertiary/aromatic N) is 2. The molecule has 0 spiro atoms. The summed E-state index contributed by atoms with van der Waals surface area (Å²) in [6.45, 7) is 3.56. The zero-order chi connectivity index (χ0) is 19.7. The molecule has 6 nitrogen and oxygen atoms in total. The van der Waals surface area contributed by atoms with Gasteiger partial charge in [-0.15, -0.1) is 0 Å². The van der Waals surface area contributed by atoms with Crippen molar-refractivity contribution in [3.63, 3.8) is 0 Å². The monoisotopic (exact) mass is 448 g/mol. The Morgan fingerprint density at radius 1 is 1.26 bits per heavy atom. The van der Waals surface area contributed by atoms with Gasteiger partial charge in [-0.05, 0) is 61.5 Å². The van der Waals surface area contributed by atoms with Crippen LogP contribution in [0, 0.1) is 13.8 Å². The Morgan fingerprint density at radius 3 is 2.67 bits per heavy atom. The minimum Gasteiger partial charge on any atom is -0.468 e. The van der Waals surface area contributed by atoms with E-state index in [-0.39, 0.29) is 6.54 Å². The molecule has 3 rings (SSSR count). The number of thioether (sulfide) groups is 1. The summed E-state index contributed by atoms with van der Waals surface area (Å²) in [6, 6.07) is 9.88. The highest BCUT2D eigenvalue weighted by Crippen LogP contribution is 2.33. The number of hydrogen-bond donors (Lipinski definition) is 0. The zero-order valence-corrected chi connectivity index (χ0v) is 17.4. The van der Waals surface area contributed by atoms with Crippen molar-refractivity contribution >= 4 is 50.9 Å². The maximum Gasteiger partial charge on any atom is 0.325 e. The van der Waals surface area contributed by atoms with Gasteiger partial charge in [0.2, 0.25) is 0 Å². The number of hydrogen-bond acceptors (Lipinski definition) is 5. The van der Waals surface area contributed by atoms with Crippen molar-refractivity contribution in [1.29, 1.82) is 0 Å². The fraction of sp³-hybridized carbons (Fsp3) is 0.211. The summed E-state index contributed by atoms with van der Waals surface area (Å²) in [5, 5.41) is -0.475. The lowest BCUT2D eigenvalue weighted by molar-refractivity contribution is -0.143. The van der Waals surface area contributed by atoms with Crippen LogP contribution in [0.4, 0.5) is 4.79 Å². The summed E-state index contributed by atoms with van der Waals surface area (Å²) in [5.74, 6) is -1.12. The molecule has 1 aliphatic rings. The maximum atomic E-state index is 12.5. The van der Waals surface area contributed by atoms with Crippen molar-refractivity contribution < 1.29 is 19.1 Å². The highest BCUT2D eigenvalue weighted by Gasteiger charge is 2.36. The number of rotatable bonds is 4. The SMILES string of the molecule is COC(=O)CN1C(=O)S/C(=C/c2cc(C)n(-c3cccc(Br)c3)c2C)C1=O. The van der Waals surface area contributed by atoms with Crippen LogP contribution < -0.4 is 0 Å². The molecule has 0 radical (unpaired) electrons. The van der Waals surface area contributed by atoms with Crippen LogP contribution in [0.2, 0.25) is 0 Å². The van der Waals surface area contributed by atoms with E-state index in [1.165, 1.54) is 7.11 Å². The van der Waals surface area contributed by atoms with Gasteiger partial charge in [-0.2, -0.15) is 0 Å². The third-order valence-corrected chi connectivity index (χ3v) is 5.61. The van der Waals surface area contributed by atoms with Crippen molar-refractivity contribution in [3.05, 3.63) is 56.7 Å². The second-order valence-corrected chi connectivity index (χ2v) is 7.89. The van der Waals surface area contributed by atoms with E-state index in [2.05, 4.69) is 25.2 Å². The molecule has 2 amide bonds. The zero-order valence-electron chi connectivity index (χ0n) is 15.0. The van der Waals surface area contributed by atoms with Crippen LogP contribution in [-0.2, 0) is 14.3 Å². The van der Waals surface area contributed by atoms with Gasteiger partial charge in [0.15, 0.2) is 0 Å². The Balaban J connectivity index is 1.94. The number of methoxy groups -OCH3 is 1. The Kier molecular flexibility index (Phi) is 5.57. The molecule has 0 unspecified atom stereocenters. The summed E-state index contributed by atoms with van der Waals surface area (Å²) in [5.41, 5.74) is 3.80. The van der Waals surface area contributed by atoms with E-state index in [1.807, 2.05) is 44.2 Å². The van der Waals surface area contributed by atoms with Crippen molar-refractivity contribution in [2.75, 3.05) is 13.7 Å². The third-order valence-electron chi connectivity index (χ3n) is 4.21. The molecule has 1 aromatic carbocycles. The van der Waals surface area contributed by atoms with E-state index in [4.69, 9.17) is 0 Å². The molecule has 2 aromatic rings. The van der Waals surface area contributed by atoms with Crippen LogP contribution in [0.5, 0.6) is 0 Å². The van der Waals surface area contributed by atoms with E-state index in [0.29, 0.717) is 4.91 Å². The summed E-state index contributed by atoms with van der Waals surface area (Å²) in [7, 11) is 1.22. The van der Waals surface area contributed by atoms with Crippen LogP contribution >= 0.6 is 27.7 Å². The molecule has 2 heterocycles. The Hall–Kier alpha value is -2.32. The first kappa shape index (κ1) is 19.4.